The summed E-state index contributed by atoms with van der Waals surface area (Å²) in [5, 5.41) is 0.474. The molecule has 2 saturated carbocycles. The number of hydrogen-bond donors (Lipinski definition) is 0. The monoisotopic (exact) mass is 710 g/mol. The Hall–Kier alpha value is -4.55. The van der Waals surface area contributed by atoms with Crippen molar-refractivity contribution in [1.82, 2.24) is 0 Å². The number of benzene rings is 6. The van der Waals surface area contributed by atoms with Gasteiger partial charge in [0, 0.05) is 0 Å². The molecular weight excluding hydrogens is 658 g/mol. The van der Waals surface area contributed by atoms with Crippen LogP contribution in [0.3, 0.4) is 0 Å². The Labute approximate surface area is 330 Å². The quantitative estimate of drug-likeness (QED) is 0.160. The number of fused-ring (bicyclic) bond motifs is 9. The van der Waals surface area contributed by atoms with E-state index in [4.69, 9.17) is 0 Å². The second-order valence-corrected chi connectivity index (χ2v) is 19.1. The van der Waals surface area contributed by atoms with Gasteiger partial charge in [-0.15, -0.1) is 0 Å². The van der Waals surface area contributed by atoms with Crippen LogP contribution in [0.25, 0.3) is 33.4 Å². The summed E-state index contributed by atoms with van der Waals surface area (Å²) < 4.78 is 0. The first-order valence-corrected chi connectivity index (χ1v) is 21.4. The summed E-state index contributed by atoms with van der Waals surface area (Å²) in [6.45, 7) is 11.3. The van der Waals surface area contributed by atoms with Crippen LogP contribution in [-0.4, -0.2) is 13.4 Å². The molecule has 5 aliphatic rings. The van der Waals surface area contributed by atoms with E-state index < -0.39 is 0 Å². The fraction of sp³-hybridized carbons (Fsp3) is 0.321. The molecular formula is C53H52B2. The molecule has 2 fully saturated rings. The van der Waals surface area contributed by atoms with Crippen LogP contribution in [-0.2, 0) is 17.3 Å². The summed E-state index contributed by atoms with van der Waals surface area (Å²) in [7, 11) is 0. The average molecular weight is 711 g/mol. The summed E-state index contributed by atoms with van der Waals surface area (Å²) in [5.74, 6) is 0. The highest BCUT2D eigenvalue weighted by Crippen LogP contribution is 2.63. The Bertz CT molecular complexity index is 2330. The molecule has 0 nitrogen and oxygen atoms in total. The third-order valence-electron chi connectivity index (χ3n) is 16.8. The van der Waals surface area contributed by atoms with Gasteiger partial charge < -0.3 is 0 Å². The summed E-state index contributed by atoms with van der Waals surface area (Å²) in [6.07, 6.45) is 11.5. The summed E-state index contributed by atoms with van der Waals surface area (Å²) in [4.78, 5) is 0. The molecule has 0 bridgehead atoms. The fourth-order valence-corrected chi connectivity index (χ4v) is 13.4. The molecule has 270 valence electrons. The molecule has 0 amide bonds. The van der Waals surface area contributed by atoms with Crippen LogP contribution in [0.2, 0.25) is 10.6 Å². The predicted molar refractivity (Wildman–Crippen MR) is 237 cm³/mol. The number of hydrogen-bond acceptors (Lipinski definition) is 0. The van der Waals surface area contributed by atoms with Crippen molar-refractivity contribution >= 4 is 35.3 Å². The molecule has 2 aliphatic heterocycles. The molecule has 6 aromatic carbocycles. The lowest BCUT2D eigenvalue weighted by atomic mass is 9.26. The molecule has 3 aliphatic carbocycles. The second kappa shape index (κ2) is 12.0. The summed E-state index contributed by atoms with van der Waals surface area (Å²) in [6, 6.07) is 52.4. The molecule has 0 aromatic heterocycles. The average Bonchev–Trinajstić information content (AvgIpc) is 3.76. The van der Waals surface area contributed by atoms with E-state index in [0.717, 1.165) is 6.42 Å². The van der Waals surface area contributed by atoms with E-state index in [1.807, 2.05) is 0 Å². The van der Waals surface area contributed by atoms with Crippen molar-refractivity contribution < 1.29 is 0 Å². The van der Waals surface area contributed by atoms with Crippen LogP contribution in [0.1, 0.15) is 101 Å². The lowest BCUT2D eigenvalue weighted by Crippen LogP contribution is -2.51. The molecule has 0 radical (unpaired) electrons. The van der Waals surface area contributed by atoms with Gasteiger partial charge in [-0.05, 0) is 96.4 Å². The van der Waals surface area contributed by atoms with Crippen LogP contribution in [0.15, 0.2) is 133 Å². The van der Waals surface area contributed by atoms with Crippen molar-refractivity contribution in [3.8, 4) is 33.4 Å². The van der Waals surface area contributed by atoms with Gasteiger partial charge in [0.25, 0.3) is 0 Å². The van der Waals surface area contributed by atoms with Crippen LogP contribution in [0.5, 0.6) is 0 Å². The van der Waals surface area contributed by atoms with E-state index in [0.29, 0.717) is 13.4 Å². The zero-order valence-electron chi connectivity index (χ0n) is 33.2. The second-order valence-electron chi connectivity index (χ2n) is 19.1. The minimum atomic E-state index is 0.188. The normalized spacial score (nSPS) is 27.2. The Kier molecular flexibility index (Phi) is 7.35. The van der Waals surface area contributed by atoms with Gasteiger partial charge in [-0.3, -0.25) is 0 Å². The minimum Gasteiger partial charge on any atom is -0.0735 e. The molecule has 11 rings (SSSR count). The van der Waals surface area contributed by atoms with E-state index in [9.17, 15) is 0 Å². The van der Waals surface area contributed by atoms with Gasteiger partial charge in [-0.2, -0.15) is 0 Å². The Balaban J connectivity index is 0.926. The van der Waals surface area contributed by atoms with Crippen molar-refractivity contribution in [3.63, 3.8) is 0 Å². The van der Waals surface area contributed by atoms with E-state index >= 15 is 0 Å². The summed E-state index contributed by atoms with van der Waals surface area (Å²) in [5.41, 5.74) is 20.9. The first-order chi connectivity index (χ1) is 26.7. The summed E-state index contributed by atoms with van der Waals surface area (Å²) >= 11 is 0. The Morgan fingerprint density at radius 1 is 0.400 bits per heavy atom. The fourth-order valence-electron chi connectivity index (χ4n) is 13.4. The van der Waals surface area contributed by atoms with Gasteiger partial charge in [-0.1, -0.05) is 222 Å². The lowest BCUT2D eigenvalue weighted by molar-refractivity contribution is 0.243. The van der Waals surface area contributed by atoms with E-state index in [1.54, 1.807) is 22.1 Å². The van der Waals surface area contributed by atoms with Crippen LogP contribution < -0.4 is 21.9 Å². The number of rotatable bonds is 4. The predicted octanol–water partition coefficient (Wildman–Crippen LogP) is 11.0. The SMILES string of the molecule is CC12CCCCC1(C)c1cc(-c3ccc4c(c3)Cc3cc(-c5ccc6c(c5)C5(C)CCCCC5(C)B6c5ccccc5)ccc3-4)ccc1B2c1ccccc1. The van der Waals surface area contributed by atoms with Gasteiger partial charge in [0.15, 0.2) is 0 Å². The van der Waals surface area contributed by atoms with Crippen molar-refractivity contribution in [3.05, 3.63) is 156 Å². The van der Waals surface area contributed by atoms with Gasteiger partial charge in [0.05, 0.1) is 0 Å². The third-order valence-corrected chi connectivity index (χ3v) is 16.8. The van der Waals surface area contributed by atoms with Gasteiger partial charge in [-0.25, -0.2) is 0 Å². The molecule has 0 saturated heterocycles. The molecule has 6 aromatic rings. The van der Waals surface area contributed by atoms with Crippen molar-refractivity contribution in [1.29, 1.82) is 0 Å². The zero-order valence-corrected chi connectivity index (χ0v) is 33.2. The molecule has 2 heteroatoms. The maximum absolute atomic E-state index is 2.60. The molecule has 4 unspecified atom stereocenters. The largest absolute Gasteiger partial charge is 0.216 e. The van der Waals surface area contributed by atoms with E-state index in [-0.39, 0.29) is 21.5 Å². The van der Waals surface area contributed by atoms with Crippen molar-refractivity contribution in [2.24, 2.45) is 0 Å². The highest BCUT2D eigenvalue weighted by molar-refractivity contribution is 6.90. The molecule has 55 heavy (non-hydrogen) atoms. The third kappa shape index (κ3) is 4.61. The smallest absolute Gasteiger partial charge is 0.0735 e. The zero-order chi connectivity index (χ0) is 37.2. The van der Waals surface area contributed by atoms with Gasteiger partial charge in [0.2, 0.25) is 13.4 Å². The highest BCUT2D eigenvalue weighted by Gasteiger charge is 2.61. The first-order valence-electron chi connectivity index (χ1n) is 21.4. The molecule has 4 atom stereocenters. The van der Waals surface area contributed by atoms with Gasteiger partial charge in [0.1, 0.15) is 0 Å². The van der Waals surface area contributed by atoms with Crippen LogP contribution >= 0.6 is 0 Å². The molecule has 0 spiro atoms. The lowest BCUT2D eigenvalue weighted by Gasteiger charge is -2.48. The van der Waals surface area contributed by atoms with Crippen LogP contribution in [0.4, 0.5) is 0 Å². The van der Waals surface area contributed by atoms with Crippen molar-refractivity contribution in [2.45, 2.75) is 107 Å². The Morgan fingerprint density at radius 2 is 0.782 bits per heavy atom. The first kappa shape index (κ1) is 33.8. The van der Waals surface area contributed by atoms with E-state index in [2.05, 4.69) is 161 Å². The molecule has 0 N–H and O–H groups in total. The minimum absolute atomic E-state index is 0.188. The topological polar surface area (TPSA) is 0 Å². The van der Waals surface area contributed by atoms with E-state index in [1.165, 1.54) is 107 Å². The molecule has 2 heterocycles. The maximum atomic E-state index is 2.60. The highest BCUT2D eigenvalue weighted by atomic mass is 14.5. The van der Waals surface area contributed by atoms with Gasteiger partial charge >= 0.3 is 0 Å². The standard InChI is InChI=1S/C53H52B2/c1-50-27-11-13-29-52(50,3)54(42-15-7-5-8-16-42)48-25-21-38(34-46(48)50)36-19-23-44-40(31-36)33-41-32-37(20-24-45(41)44)39-22-26-49-47(35-39)51(2)28-12-14-30-53(51,4)55(49)43-17-9-6-10-18-43/h5-10,15-26,31-32,34-35H,11-14,27-30,33H2,1-4H3. The maximum Gasteiger partial charge on any atom is 0.216 e. The van der Waals surface area contributed by atoms with Crippen LogP contribution in [0, 0.1) is 0 Å². The Morgan fingerprint density at radius 3 is 1.22 bits per heavy atom. The van der Waals surface area contributed by atoms with Crippen molar-refractivity contribution in [2.75, 3.05) is 0 Å².